The van der Waals surface area contributed by atoms with Crippen molar-refractivity contribution >= 4 is 23.2 Å². The second-order valence-electron chi connectivity index (χ2n) is 9.37. The highest BCUT2D eigenvalue weighted by Crippen LogP contribution is 2.36. The van der Waals surface area contributed by atoms with Gasteiger partial charge in [-0.05, 0) is 44.9 Å². The Hall–Kier alpha value is -3.47. The average Bonchev–Trinajstić information content (AvgIpc) is 3.55. The van der Waals surface area contributed by atoms with Crippen molar-refractivity contribution < 1.29 is 19.1 Å². The number of rotatable bonds is 7. The molecule has 1 unspecified atom stereocenters. The number of fused-ring (bicyclic) bond motifs is 1. The molecule has 0 bridgehead atoms. The van der Waals surface area contributed by atoms with Gasteiger partial charge in [-0.3, -0.25) is 14.3 Å². The smallest absolute Gasteiger partial charge is 0.231 e. The van der Waals surface area contributed by atoms with Crippen LogP contribution in [0.15, 0.2) is 29.8 Å². The van der Waals surface area contributed by atoms with Gasteiger partial charge in [0, 0.05) is 17.5 Å². The molecule has 0 radical (unpaired) electrons. The first-order valence-electron chi connectivity index (χ1n) is 11.7. The van der Waals surface area contributed by atoms with E-state index >= 15 is 0 Å². The van der Waals surface area contributed by atoms with Gasteiger partial charge in [0.15, 0.2) is 11.5 Å². The predicted molar refractivity (Wildman–Crippen MR) is 129 cm³/mol. The molecule has 1 saturated heterocycles. The molecule has 2 aliphatic heterocycles. The van der Waals surface area contributed by atoms with E-state index in [1.807, 2.05) is 37.4 Å². The number of carbonyl (C=O) groups is 2. The number of nitrogens with zero attached hydrogens (tertiary/aromatic N) is 4. The van der Waals surface area contributed by atoms with Crippen LogP contribution in [0.4, 0.5) is 0 Å². The van der Waals surface area contributed by atoms with E-state index in [1.165, 1.54) is 11.3 Å². The fourth-order valence-electron chi connectivity index (χ4n) is 4.25. The molecular formula is C24H28N6O4S. The lowest BCUT2D eigenvalue weighted by atomic mass is 10.0. The molecule has 0 aliphatic carbocycles. The number of benzene rings is 1. The molecule has 0 spiro atoms. The van der Waals surface area contributed by atoms with E-state index < -0.39 is 5.54 Å². The van der Waals surface area contributed by atoms with Crippen molar-refractivity contribution in [2.45, 2.75) is 51.6 Å². The first kappa shape index (κ1) is 23.3. The van der Waals surface area contributed by atoms with E-state index in [-0.39, 0.29) is 30.9 Å². The van der Waals surface area contributed by atoms with Gasteiger partial charge in [0.25, 0.3) is 0 Å². The van der Waals surface area contributed by atoms with E-state index in [2.05, 4.69) is 25.9 Å². The van der Waals surface area contributed by atoms with Crippen LogP contribution in [-0.4, -0.2) is 45.1 Å². The van der Waals surface area contributed by atoms with E-state index in [0.29, 0.717) is 23.7 Å². The van der Waals surface area contributed by atoms with Crippen molar-refractivity contribution in [3.8, 4) is 22.1 Å². The first-order chi connectivity index (χ1) is 16.9. The van der Waals surface area contributed by atoms with E-state index in [4.69, 9.17) is 9.47 Å². The van der Waals surface area contributed by atoms with E-state index in [1.54, 1.807) is 10.9 Å². The summed E-state index contributed by atoms with van der Waals surface area (Å²) < 4.78 is 12.5. The van der Waals surface area contributed by atoms with E-state index in [0.717, 1.165) is 42.1 Å². The molecule has 5 rings (SSSR count). The van der Waals surface area contributed by atoms with Crippen LogP contribution in [0, 0.1) is 5.92 Å². The van der Waals surface area contributed by atoms with Gasteiger partial charge in [0.05, 0.1) is 36.3 Å². The molecule has 1 atom stereocenters. The quantitative estimate of drug-likeness (QED) is 0.516. The minimum atomic E-state index is -0.725. The van der Waals surface area contributed by atoms with Gasteiger partial charge < -0.3 is 20.1 Å². The van der Waals surface area contributed by atoms with Gasteiger partial charge in [-0.1, -0.05) is 11.6 Å². The Labute approximate surface area is 207 Å². The maximum atomic E-state index is 12.8. The van der Waals surface area contributed by atoms with Crippen molar-refractivity contribution in [2.24, 2.45) is 5.92 Å². The average molecular weight is 497 g/mol. The van der Waals surface area contributed by atoms with Gasteiger partial charge in [-0.2, -0.15) is 0 Å². The lowest BCUT2D eigenvalue weighted by Gasteiger charge is -2.23. The fraction of sp³-hybridized carbons (Fsp3) is 0.458. The van der Waals surface area contributed by atoms with Crippen molar-refractivity contribution in [1.29, 1.82) is 0 Å². The Morgan fingerprint density at radius 3 is 3.03 bits per heavy atom. The molecule has 0 saturated carbocycles. The topological polar surface area (TPSA) is 120 Å². The summed E-state index contributed by atoms with van der Waals surface area (Å²) >= 11 is 1.48. The number of ether oxygens (including phenoxy) is 2. The molecule has 184 valence electrons. The monoisotopic (exact) mass is 496 g/mol. The highest BCUT2D eigenvalue weighted by Gasteiger charge is 2.28. The normalized spacial score (nSPS) is 17.7. The molecule has 11 heteroatoms. The zero-order valence-electron chi connectivity index (χ0n) is 19.7. The lowest BCUT2D eigenvalue weighted by molar-refractivity contribution is -0.125. The number of thiazole rings is 1. The molecule has 2 aliphatic rings. The summed E-state index contributed by atoms with van der Waals surface area (Å²) in [6, 6.07) is 5.70. The second-order valence-corrected chi connectivity index (χ2v) is 10.2. The Kier molecular flexibility index (Phi) is 6.42. The number of hydrogen-bond acceptors (Lipinski definition) is 8. The molecule has 2 amide bonds. The standard InChI is InChI=1S/C24H28N6O4S/c1-24(2,20-12-30(29-28-20)11-16-5-3-4-8-25-22(16)32)27-21(31)10-17-13-35-23(26-17)15-6-7-18-19(9-15)34-14-33-18/h6-7,9,12-13,16H,3-5,8,10-11,14H2,1-2H3,(H,25,32)(H,27,31). The third-order valence-electron chi connectivity index (χ3n) is 6.20. The number of aromatic nitrogens is 4. The largest absolute Gasteiger partial charge is 0.454 e. The van der Waals surface area contributed by atoms with Crippen molar-refractivity contribution in [3.63, 3.8) is 0 Å². The zero-order chi connectivity index (χ0) is 24.4. The first-order valence-corrected chi connectivity index (χ1v) is 12.6. The molecule has 1 fully saturated rings. The van der Waals surface area contributed by atoms with Crippen LogP contribution >= 0.6 is 11.3 Å². The van der Waals surface area contributed by atoms with Crippen LogP contribution in [0.3, 0.4) is 0 Å². The number of amides is 2. The SMILES string of the molecule is CC(C)(NC(=O)Cc1csc(-c2ccc3c(c2)OCO3)n1)c1cn(CC2CCCCNC2=O)nn1. The fourth-order valence-corrected chi connectivity index (χ4v) is 5.07. The Morgan fingerprint density at radius 2 is 2.14 bits per heavy atom. The second kappa shape index (κ2) is 9.65. The minimum Gasteiger partial charge on any atom is -0.454 e. The molecule has 2 aromatic heterocycles. The predicted octanol–water partition coefficient (Wildman–Crippen LogP) is 2.64. The van der Waals surface area contributed by atoms with Crippen LogP contribution in [0.1, 0.15) is 44.5 Å². The van der Waals surface area contributed by atoms with Crippen LogP contribution in [0.25, 0.3) is 10.6 Å². The van der Waals surface area contributed by atoms with Crippen LogP contribution in [-0.2, 0) is 28.1 Å². The highest BCUT2D eigenvalue weighted by molar-refractivity contribution is 7.13. The summed E-state index contributed by atoms with van der Waals surface area (Å²) in [5.41, 5.74) is 1.53. The molecule has 3 aromatic rings. The van der Waals surface area contributed by atoms with Gasteiger partial charge in [-0.15, -0.1) is 16.4 Å². The minimum absolute atomic E-state index is 0.0653. The maximum Gasteiger partial charge on any atom is 0.231 e. The molecule has 10 nitrogen and oxygen atoms in total. The van der Waals surface area contributed by atoms with Gasteiger partial charge in [-0.25, -0.2) is 4.98 Å². The molecular weight excluding hydrogens is 468 g/mol. The lowest BCUT2D eigenvalue weighted by Crippen LogP contribution is -2.42. The van der Waals surface area contributed by atoms with Crippen molar-refractivity contribution in [1.82, 2.24) is 30.6 Å². The summed E-state index contributed by atoms with van der Waals surface area (Å²) in [5.74, 6) is 1.21. The summed E-state index contributed by atoms with van der Waals surface area (Å²) in [6.45, 7) is 5.20. The summed E-state index contributed by atoms with van der Waals surface area (Å²) in [5, 5.41) is 17.2. The maximum absolute atomic E-state index is 12.8. The molecule has 35 heavy (non-hydrogen) atoms. The number of nitrogens with one attached hydrogen (secondary N) is 2. The highest BCUT2D eigenvalue weighted by atomic mass is 32.1. The summed E-state index contributed by atoms with van der Waals surface area (Å²) in [4.78, 5) is 29.7. The Bertz CT molecular complexity index is 1240. The number of carbonyl (C=O) groups excluding carboxylic acids is 2. The van der Waals surface area contributed by atoms with Crippen molar-refractivity contribution in [2.75, 3.05) is 13.3 Å². The number of hydrogen-bond donors (Lipinski definition) is 2. The third kappa shape index (κ3) is 5.29. The Balaban J connectivity index is 1.19. The third-order valence-corrected chi connectivity index (χ3v) is 7.14. The Morgan fingerprint density at radius 1 is 1.29 bits per heavy atom. The molecule has 2 N–H and O–H groups in total. The molecule has 4 heterocycles. The summed E-state index contributed by atoms with van der Waals surface area (Å²) in [7, 11) is 0. The zero-order valence-corrected chi connectivity index (χ0v) is 20.6. The van der Waals surface area contributed by atoms with Crippen LogP contribution in [0.2, 0.25) is 0 Å². The van der Waals surface area contributed by atoms with Gasteiger partial charge >= 0.3 is 0 Å². The summed E-state index contributed by atoms with van der Waals surface area (Å²) in [6.07, 6.45) is 4.81. The van der Waals surface area contributed by atoms with Crippen molar-refractivity contribution in [3.05, 3.63) is 41.2 Å². The van der Waals surface area contributed by atoms with Gasteiger partial charge in [0.1, 0.15) is 10.7 Å². The molecule has 1 aromatic carbocycles. The van der Waals surface area contributed by atoms with E-state index in [9.17, 15) is 9.59 Å². The van der Waals surface area contributed by atoms with Crippen LogP contribution < -0.4 is 20.1 Å². The van der Waals surface area contributed by atoms with Crippen LogP contribution in [0.5, 0.6) is 11.5 Å². The van der Waals surface area contributed by atoms with Gasteiger partial charge in [0.2, 0.25) is 18.6 Å².